The molecule has 3 heterocycles. The molecular formula is C29H43N3O2Si. The molecule has 1 aliphatic heterocycles. The molecule has 0 radical (unpaired) electrons. The van der Waals surface area contributed by atoms with Crippen LogP contribution >= 0.6 is 0 Å². The zero-order valence-electron chi connectivity index (χ0n) is 22.3. The summed E-state index contributed by atoms with van der Waals surface area (Å²) in [5.74, 6) is 0.240. The summed E-state index contributed by atoms with van der Waals surface area (Å²) in [5, 5.41) is 23.3. The Labute approximate surface area is 211 Å². The van der Waals surface area contributed by atoms with Crippen LogP contribution in [0.2, 0.25) is 16.6 Å². The number of aromatic hydroxyl groups is 1. The minimum absolute atomic E-state index is 0.111. The molecule has 190 valence electrons. The van der Waals surface area contributed by atoms with Gasteiger partial charge in [-0.3, -0.25) is 4.90 Å². The highest BCUT2D eigenvalue weighted by Gasteiger charge is 2.46. The van der Waals surface area contributed by atoms with E-state index in [0.717, 1.165) is 43.5 Å². The molecule has 0 bridgehead atoms. The van der Waals surface area contributed by atoms with E-state index in [4.69, 9.17) is 4.98 Å². The Kier molecular flexibility index (Phi) is 7.74. The van der Waals surface area contributed by atoms with Crippen molar-refractivity contribution in [3.05, 3.63) is 59.9 Å². The second-order valence-corrected chi connectivity index (χ2v) is 17.1. The average molecular weight is 494 g/mol. The van der Waals surface area contributed by atoms with E-state index >= 15 is 0 Å². The summed E-state index contributed by atoms with van der Waals surface area (Å²) in [6, 6.07) is 12.7. The standard InChI is InChI=1S/C29H43N3O2Si/c1-20(2)35(21(3)4,22(5)6)32-17-14-25-27(26(33)18-30-29(25)32)28(34)24-12-15-31(16-13-24)19-23-10-8-7-9-11-23/h7-11,14,17-18,20-22,24,28,33-34H,12-13,15-16,19H2,1-6H3. The highest BCUT2D eigenvalue weighted by atomic mass is 28.3. The average Bonchev–Trinajstić information content (AvgIpc) is 3.23. The summed E-state index contributed by atoms with van der Waals surface area (Å²) < 4.78 is 2.46. The van der Waals surface area contributed by atoms with E-state index in [1.165, 1.54) is 5.56 Å². The van der Waals surface area contributed by atoms with Gasteiger partial charge in [-0.15, -0.1) is 0 Å². The lowest BCUT2D eigenvalue weighted by molar-refractivity contribution is 0.0561. The quantitative estimate of drug-likeness (QED) is 0.342. The first kappa shape index (κ1) is 25.9. The molecule has 3 aromatic rings. The maximum Gasteiger partial charge on any atom is 0.171 e. The van der Waals surface area contributed by atoms with Gasteiger partial charge in [0, 0.05) is 17.5 Å². The third-order valence-electron chi connectivity index (χ3n) is 8.55. The van der Waals surface area contributed by atoms with Gasteiger partial charge in [-0.25, -0.2) is 4.98 Å². The van der Waals surface area contributed by atoms with Crippen LogP contribution in [0.15, 0.2) is 48.8 Å². The zero-order valence-corrected chi connectivity index (χ0v) is 23.3. The van der Waals surface area contributed by atoms with Crippen LogP contribution in [-0.4, -0.2) is 45.7 Å². The van der Waals surface area contributed by atoms with Gasteiger partial charge < -0.3 is 14.4 Å². The van der Waals surface area contributed by atoms with Crippen molar-refractivity contribution in [1.29, 1.82) is 0 Å². The second kappa shape index (κ2) is 10.5. The Balaban J connectivity index is 1.62. The molecule has 1 fully saturated rings. The van der Waals surface area contributed by atoms with E-state index < -0.39 is 14.3 Å². The van der Waals surface area contributed by atoms with Crippen molar-refractivity contribution in [2.45, 2.75) is 83.7 Å². The molecule has 35 heavy (non-hydrogen) atoms. The fraction of sp³-hybridized carbons (Fsp3) is 0.552. The summed E-state index contributed by atoms with van der Waals surface area (Å²) in [6.07, 6.45) is 4.88. The Morgan fingerprint density at radius 1 is 0.943 bits per heavy atom. The Bertz CT molecular complexity index is 1100. The molecule has 0 spiro atoms. The van der Waals surface area contributed by atoms with Gasteiger partial charge in [0.1, 0.15) is 11.4 Å². The number of rotatable bonds is 8. The maximum absolute atomic E-state index is 11.5. The second-order valence-electron chi connectivity index (χ2n) is 11.4. The number of piperidine rings is 1. The lowest BCUT2D eigenvalue weighted by Gasteiger charge is -2.44. The van der Waals surface area contributed by atoms with Gasteiger partial charge in [0.2, 0.25) is 0 Å². The van der Waals surface area contributed by atoms with E-state index in [9.17, 15) is 10.2 Å². The first-order valence-corrected chi connectivity index (χ1v) is 15.5. The molecule has 1 atom stereocenters. The van der Waals surface area contributed by atoms with Crippen molar-refractivity contribution in [3.63, 3.8) is 0 Å². The van der Waals surface area contributed by atoms with Crippen LogP contribution in [0, 0.1) is 5.92 Å². The van der Waals surface area contributed by atoms with Crippen molar-refractivity contribution in [3.8, 4) is 5.75 Å². The van der Waals surface area contributed by atoms with Crippen molar-refractivity contribution in [1.82, 2.24) is 14.1 Å². The molecule has 1 saturated heterocycles. The number of hydrogen-bond donors (Lipinski definition) is 2. The van der Waals surface area contributed by atoms with Gasteiger partial charge in [-0.1, -0.05) is 71.9 Å². The van der Waals surface area contributed by atoms with Gasteiger partial charge in [-0.2, -0.15) is 0 Å². The van der Waals surface area contributed by atoms with Crippen LogP contribution in [0.3, 0.4) is 0 Å². The highest BCUT2D eigenvalue weighted by molar-refractivity contribution is 6.82. The number of aliphatic hydroxyl groups excluding tert-OH is 1. The molecule has 0 aliphatic carbocycles. The number of hydrogen-bond acceptors (Lipinski definition) is 4. The molecule has 0 saturated carbocycles. The van der Waals surface area contributed by atoms with Gasteiger partial charge >= 0.3 is 0 Å². The summed E-state index contributed by atoms with van der Waals surface area (Å²) in [4.78, 5) is 7.19. The zero-order chi connectivity index (χ0) is 25.3. The number of aliphatic hydroxyl groups is 1. The number of nitrogens with zero attached hydrogens (tertiary/aromatic N) is 3. The summed E-state index contributed by atoms with van der Waals surface area (Å²) in [6.45, 7) is 16.9. The molecule has 6 heteroatoms. The number of pyridine rings is 1. The maximum atomic E-state index is 11.5. The predicted molar refractivity (Wildman–Crippen MR) is 147 cm³/mol. The van der Waals surface area contributed by atoms with Gasteiger partial charge in [0.15, 0.2) is 8.24 Å². The third-order valence-corrected chi connectivity index (χ3v) is 15.3. The van der Waals surface area contributed by atoms with Crippen molar-refractivity contribution < 1.29 is 10.2 Å². The number of aromatic nitrogens is 2. The molecule has 4 rings (SSSR count). The van der Waals surface area contributed by atoms with Gasteiger partial charge in [-0.05, 0) is 66.3 Å². The minimum atomic E-state index is -1.99. The van der Waals surface area contributed by atoms with Crippen molar-refractivity contribution in [2.75, 3.05) is 13.1 Å². The molecule has 5 nitrogen and oxygen atoms in total. The fourth-order valence-corrected chi connectivity index (χ4v) is 13.6. The highest BCUT2D eigenvalue weighted by Crippen LogP contribution is 2.46. The summed E-state index contributed by atoms with van der Waals surface area (Å²) in [7, 11) is -1.99. The Morgan fingerprint density at radius 3 is 2.11 bits per heavy atom. The van der Waals surface area contributed by atoms with Crippen LogP contribution in [0.5, 0.6) is 5.75 Å². The molecule has 2 N–H and O–H groups in total. The molecule has 2 aromatic heterocycles. The minimum Gasteiger partial charge on any atom is -0.506 e. The number of likely N-dealkylation sites (tertiary alicyclic amines) is 1. The van der Waals surface area contributed by atoms with Crippen molar-refractivity contribution >= 4 is 19.3 Å². The number of fused-ring (bicyclic) bond motifs is 1. The van der Waals surface area contributed by atoms with Crippen LogP contribution in [0.25, 0.3) is 11.0 Å². The normalized spacial score (nSPS) is 17.2. The van der Waals surface area contributed by atoms with E-state index in [-0.39, 0.29) is 11.7 Å². The first-order valence-electron chi connectivity index (χ1n) is 13.3. The van der Waals surface area contributed by atoms with Crippen LogP contribution < -0.4 is 0 Å². The molecule has 1 aromatic carbocycles. The van der Waals surface area contributed by atoms with Crippen LogP contribution in [-0.2, 0) is 6.54 Å². The van der Waals surface area contributed by atoms with Gasteiger partial charge in [0.05, 0.1) is 12.3 Å². The smallest absolute Gasteiger partial charge is 0.171 e. The van der Waals surface area contributed by atoms with E-state index in [0.29, 0.717) is 22.2 Å². The van der Waals surface area contributed by atoms with Crippen LogP contribution in [0.4, 0.5) is 0 Å². The molecule has 0 amide bonds. The monoisotopic (exact) mass is 493 g/mol. The topological polar surface area (TPSA) is 61.5 Å². The number of benzene rings is 1. The van der Waals surface area contributed by atoms with E-state index in [1.807, 2.05) is 0 Å². The SMILES string of the molecule is CC(C)[Si](C(C)C)(C(C)C)n1ccc2c(C(O)C3CCN(Cc4ccccc4)CC3)c(O)cnc21. The molecule has 1 unspecified atom stereocenters. The lowest BCUT2D eigenvalue weighted by Crippen LogP contribution is -2.51. The van der Waals surface area contributed by atoms with E-state index in [2.05, 4.69) is 93.3 Å². The summed E-state index contributed by atoms with van der Waals surface area (Å²) in [5.41, 5.74) is 4.52. The van der Waals surface area contributed by atoms with Crippen molar-refractivity contribution in [2.24, 2.45) is 5.92 Å². The summed E-state index contributed by atoms with van der Waals surface area (Å²) >= 11 is 0. The Morgan fingerprint density at radius 2 is 1.54 bits per heavy atom. The largest absolute Gasteiger partial charge is 0.506 e. The lowest BCUT2D eigenvalue weighted by atomic mass is 9.86. The first-order chi connectivity index (χ1) is 16.7. The third kappa shape index (κ3) is 4.68. The van der Waals surface area contributed by atoms with E-state index in [1.54, 1.807) is 6.20 Å². The fourth-order valence-electron chi connectivity index (χ4n) is 7.06. The van der Waals surface area contributed by atoms with Crippen LogP contribution in [0.1, 0.15) is 71.6 Å². The Hall–Kier alpha value is -2.15. The predicted octanol–water partition coefficient (Wildman–Crippen LogP) is 6.71. The molecule has 1 aliphatic rings. The van der Waals surface area contributed by atoms with Gasteiger partial charge in [0.25, 0.3) is 0 Å². The molecular weight excluding hydrogens is 450 g/mol.